The minimum Gasteiger partial charge on any atom is -0.377 e. The number of nitrogens with zero attached hydrogens (tertiary/aromatic N) is 4. The summed E-state index contributed by atoms with van der Waals surface area (Å²) in [5.74, 6) is 5.69. The Balaban J connectivity index is 0.000000348. The fraction of sp³-hybridized carbons (Fsp3) is 0.667. The van der Waals surface area contributed by atoms with E-state index >= 15 is 0 Å². The van der Waals surface area contributed by atoms with E-state index in [0.717, 1.165) is 38.0 Å². The largest absolute Gasteiger partial charge is 0.377 e. The lowest BCUT2D eigenvalue weighted by Crippen LogP contribution is -2.48. The van der Waals surface area contributed by atoms with Gasteiger partial charge in [0, 0.05) is 26.3 Å². The number of hydrogen-bond acceptors (Lipinski definition) is 7. The monoisotopic (exact) mass is 440 g/mol. The number of anilines is 2. The Bertz CT molecular complexity index is 723. The van der Waals surface area contributed by atoms with Gasteiger partial charge in [0.1, 0.15) is 25.5 Å². The SMILES string of the molecule is CCCCCCN(C=O)CCC.COC(C)c1cc2c(cc1[N+](=O)[O-])N2O[N+](C)(C)N. The number of nitro benzene ring substituents is 1. The summed E-state index contributed by atoms with van der Waals surface area (Å²) in [7, 11) is 4.80. The number of fused-ring (bicyclic) bond motifs is 1. The number of rotatable bonds is 13. The number of nitrogens with two attached hydrogens (primary N) is 1. The van der Waals surface area contributed by atoms with Gasteiger partial charge in [0.15, 0.2) is 0 Å². The lowest BCUT2D eigenvalue weighted by molar-refractivity contribution is -1.09. The zero-order valence-corrected chi connectivity index (χ0v) is 19.7. The first-order valence-corrected chi connectivity index (χ1v) is 10.8. The predicted molar refractivity (Wildman–Crippen MR) is 120 cm³/mol. The fourth-order valence-corrected chi connectivity index (χ4v) is 3.03. The summed E-state index contributed by atoms with van der Waals surface area (Å²) in [5.41, 5.74) is 1.94. The van der Waals surface area contributed by atoms with Crippen molar-refractivity contribution in [1.29, 1.82) is 0 Å². The van der Waals surface area contributed by atoms with E-state index in [4.69, 9.17) is 15.5 Å². The quantitative estimate of drug-likeness (QED) is 0.0939. The van der Waals surface area contributed by atoms with Gasteiger partial charge in [-0.1, -0.05) is 42.8 Å². The maximum Gasteiger partial charge on any atom is 0.277 e. The third-order valence-corrected chi connectivity index (χ3v) is 4.75. The van der Waals surface area contributed by atoms with E-state index in [1.807, 2.05) is 4.90 Å². The van der Waals surface area contributed by atoms with Crippen molar-refractivity contribution < 1.29 is 24.1 Å². The van der Waals surface area contributed by atoms with Crippen LogP contribution in [0.15, 0.2) is 12.1 Å². The molecule has 0 saturated heterocycles. The molecule has 1 unspecified atom stereocenters. The summed E-state index contributed by atoms with van der Waals surface area (Å²) < 4.78 is 4.92. The molecule has 1 amide bonds. The second-order valence-electron chi connectivity index (χ2n) is 8.05. The lowest BCUT2D eigenvalue weighted by atomic mass is 10.1. The van der Waals surface area contributed by atoms with Crippen LogP contribution in [0.1, 0.15) is 64.5 Å². The molecule has 176 valence electrons. The van der Waals surface area contributed by atoms with Crippen LogP contribution in [-0.2, 0) is 14.5 Å². The van der Waals surface area contributed by atoms with Gasteiger partial charge in [-0.05, 0) is 25.8 Å². The molecule has 31 heavy (non-hydrogen) atoms. The van der Waals surface area contributed by atoms with Crippen molar-refractivity contribution >= 4 is 23.5 Å². The summed E-state index contributed by atoms with van der Waals surface area (Å²) >= 11 is 0. The van der Waals surface area contributed by atoms with Crippen LogP contribution in [0.5, 0.6) is 0 Å². The number of ether oxygens (including phenoxy) is 1. The zero-order chi connectivity index (χ0) is 23.6. The van der Waals surface area contributed by atoms with Crippen LogP contribution < -0.4 is 10.9 Å². The Kier molecular flexibility index (Phi) is 10.8. The molecule has 1 atom stereocenters. The lowest BCUT2D eigenvalue weighted by Gasteiger charge is -2.18. The Morgan fingerprint density at radius 3 is 2.32 bits per heavy atom. The second kappa shape index (κ2) is 12.6. The van der Waals surface area contributed by atoms with E-state index in [9.17, 15) is 14.9 Å². The standard InChI is InChI=1S/C11H17N4O4.C10H21NO/c1-7(18-4)8-5-10-11(6-9(8)14(16)17)13(10)19-15(2,3)12;1-3-5-6-7-9-11(10-12)8-4-2/h5-7H,12H2,1-4H3;10H,3-9H2,1-2H3/q+1;. The van der Waals surface area contributed by atoms with Crippen LogP contribution in [0, 0.1) is 10.1 Å². The Hall–Kier alpha value is -2.27. The number of methoxy groups -OCH3 is 1. The van der Waals surface area contributed by atoms with Gasteiger partial charge in [-0.2, -0.15) is 5.06 Å². The number of hydroxylamine groups is 2. The average Bonchev–Trinajstić information content (AvgIpc) is 3.38. The summed E-state index contributed by atoms with van der Waals surface area (Å²) in [6.07, 6.45) is 6.63. The Morgan fingerprint density at radius 1 is 1.19 bits per heavy atom. The molecule has 0 spiro atoms. The van der Waals surface area contributed by atoms with E-state index in [-0.39, 0.29) is 16.5 Å². The molecule has 0 fully saturated rings. The summed E-state index contributed by atoms with van der Waals surface area (Å²) in [5, 5.41) is 12.5. The molecule has 0 aromatic heterocycles. The molecule has 0 bridgehead atoms. The molecule has 1 aliphatic heterocycles. The minimum atomic E-state index is -0.427. The number of quaternary nitrogens is 1. The smallest absolute Gasteiger partial charge is 0.277 e. The number of unbranched alkanes of at least 4 members (excludes halogenated alkanes) is 3. The molecule has 0 saturated carbocycles. The van der Waals surface area contributed by atoms with Crippen molar-refractivity contribution in [2.75, 3.05) is 39.4 Å². The number of hydrogen-bond donors (Lipinski definition) is 1. The molecule has 0 aliphatic carbocycles. The first kappa shape index (κ1) is 26.8. The molecule has 2 N–H and O–H groups in total. The van der Waals surface area contributed by atoms with Gasteiger partial charge in [0.25, 0.3) is 5.69 Å². The molecule has 2 rings (SSSR count). The highest BCUT2D eigenvalue weighted by Crippen LogP contribution is 2.52. The third kappa shape index (κ3) is 8.78. The average molecular weight is 441 g/mol. The van der Waals surface area contributed by atoms with Crippen molar-refractivity contribution in [2.24, 2.45) is 5.84 Å². The van der Waals surface area contributed by atoms with Crippen molar-refractivity contribution in [3.63, 3.8) is 0 Å². The van der Waals surface area contributed by atoms with Gasteiger partial charge in [-0.15, -0.1) is 5.84 Å². The summed E-state index contributed by atoms with van der Waals surface area (Å²) in [6.45, 7) is 7.91. The van der Waals surface area contributed by atoms with E-state index < -0.39 is 4.92 Å². The first-order chi connectivity index (χ1) is 14.6. The molecule has 1 aromatic rings. The normalized spacial score (nSPS) is 13.1. The molecule has 10 heteroatoms. The van der Waals surface area contributed by atoms with Gasteiger partial charge in [0.05, 0.1) is 16.6 Å². The van der Waals surface area contributed by atoms with Gasteiger partial charge >= 0.3 is 0 Å². The maximum atomic E-state index is 11.1. The van der Waals surface area contributed by atoms with Crippen LogP contribution in [0.3, 0.4) is 0 Å². The second-order valence-corrected chi connectivity index (χ2v) is 8.05. The van der Waals surface area contributed by atoms with Crippen LogP contribution >= 0.6 is 0 Å². The third-order valence-electron chi connectivity index (χ3n) is 4.75. The van der Waals surface area contributed by atoms with Crippen LogP contribution in [0.2, 0.25) is 0 Å². The highest BCUT2D eigenvalue weighted by atomic mass is 16.9. The predicted octanol–water partition coefficient (Wildman–Crippen LogP) is 3.99. The molecular weight excluding hydrogens is 402 g/mol. The number of benzene rings is 1. The molecular formula is C21H38N5O5+. The maximum absolute atomic E-state index is 11.1. The van der Waals surface area contributed by atoms with Crippen LogP contribution in [0.4, 0.5) is 17.1 Å². The number of carbonyl (C=O) groups is 1. The van der Waals surface area contributed by atoms with Crippen molar-refractivity contribution in [3.8, 4) is 0 Å². The van der Waals surface area contributed by atoms with Gasteiger partial charge in [-0.3, -0.25) is 14.9 Å². The number of carbonyl (C=O) groups excluding carboxylic acids is 1. The first-order valence-electron chi connectivity index (χ1n) is 10.8. The zero-order valence-electron chi connectivity index (χ0n) is 19.7. The fourth-order valence-electron chi connectivity index (χ4n) is 3.03. The van der Waals surface area contributed by atoms with Crippen LogP contribution in [-0.4, -0.2) is 55.3 Å². The highest BCUT2D eigenvalue weighted by Gasteiger charge is 2.40. The summed E-state index contributed by atoms with van der Waals surface area (Å²) in [4.78, 5) is 28.4. The number of nitro groups is 1. The van der Waals surface area contributed by atoms with E-state index in [1.54, 1.807) is 27.1 Å². The van der Waals surface area contributed by atoms with Crippen LogP contribution in [0.25, 0.3) is 0 Å². The molecule has 0 radical (unpaired) electrons. The van der Waals surface area contributed by atoms with E-state index in [2.05, 4.69) is 13.8 Å². The molecule has 10 nitrogen and oxygen atoms in total. The highest BCUT2D eigenvalue weighted by molar-refractivity contribution is 5.93. The van der Waals surface area contributed by atoms with Crippen molar-refractivity contribution in [3.05, 3.63) is 27.8 Å². The minimum absolute atomic E-state index is 0.0153. The van der Waals surface area contributed by atoms with Gasteiger partial charge < -0.3 is 9.64 Å². The Labute approximate surface area is 185 Å². The molecule has 1 aromatic carbocycles. The van der Waals surface area contributed by atoms with E-state index in [1.165, 1.54) is 37.5 Å². The van der Waals surface area contributed by atoms with E-state index in [0.29, 0.717) is 11.3 Å². The molecule has 1 aliphatic rings. The van der Waals surface area contributed by atoms with Crippen molar-refractivity contribution in [2.45, 2.75) is 59.0 Å². The van der Waals surface area contributed by atoms with Gasteiger partial charge in [-0.25, -0.2) is 0 Å². The Morgan fingerprint density at radius 2 is 1.84 bits per heavy atom. The topological polar surface area (TPSA) is 111 Å². The number of amides is 1. The van der Waals surface area contributed by atoms with Crippen molar-refractivity contribution in [1.82, 2.24) is 4.90 Å². The molecule has 1 heterocycles. The summed E-state index contributed by atoms with van der Waals surface area (Å²) in [6, 6.07) is 3.16. The van der Waals surface area contributed by atoms with Gasteiger partial charge in [0.2, 0.25) is 6.41 Å².